The third kappa shape index (κ3) is 12.8. The van der Waals surface area contributed by atoms with Crippen molar-refractivity contribution >= 4 is 11.8 Å². The Labute approximate surface area is 221 Å². The molecule has 0 aliphatic heterocycles. The molecule has 0 saturated carbocycles. The molecule has 0 heterocycles. The Bertz CT molecular complexity index is 892. The molecular weight excluding hydrogens is 474 g/mol. The molecule has 0 unspecified atom stereocenters. The molecule has 0 N–H and O–H groups in total. The molecule has 0 radical (unpaired) electrons. The van der Waals surface area contributed by atoms with Crippen LogP contribution in [-0.4, -0.2) is 104 Å². The Kier molecular flexibility index (Phi) is 14.4. The Balaban J connectivity index is 1.76. The van der Waals surface area contributed by atoms with Crippen molar-refractivity contribution < 1.29 is 28.5 Å². The highest BCUT2D eigenvalue weighted by Crippen LogP contribution is 2.18. The lowest BCUT2D eigenvalue weighted by molar-refractivity contribution is 0.00130. The summed E-state index contributed by atoms with van der Waals surface area (Å²) in [5, 5.41) is 0. The summed E-state index contributed by atoms with van der Waals surface area (Å²) >= 11 is 0. The van der Waals surface area contributed by atoms with E-state index >= 15 is 0 Å². The SMILES string of the molecule is COc1cccc(CN(Cc2ccc(N(C)C)cc2)C(=O)OCCOCCOCCOCCN(C)C)c1. The van der Waals surface area contributed by atoms with Gasteiger partial charge >= 0.3 is 6.09 Å². The highest BCUT2D eigenvalue weighted by Gasteiger charge is 2.17. The summed E-state index contributed by atoms with van der Waals surface area (Å²) in [4.78, 5) is 18.7. The first-order valence-electron chi connectivity index (χ1n) is 12.6. The average Bonchev–Trinajstić information content (AvgIpc) is 2.89. The number of amides is 1. The first-order valence-corrected chi connectivity index (χ1v) is 12.6. The van der Waals surface area contributed by atoms with Crippen LogP contribution in [0.1, 0.15) is 11.1 Å². The summed E-state index contributed by atoms with van der Waals surface area (Å²) < 4.78 is 27.3. The van der Waals surface area contributed by atoms with Crippen LogP contribution >= 0.6 is 0 Å². The number of likely N-dealkylation sites (N-methyl/N-ethyl adjacent to an activating group) is 1. The molecule has 0 aromatic heterocycles. The molecule has 9 heteroatoms. The van der Waals surface area contributed by atoms with Gasteiger partial charge in [0.15, 0.2) is 0 Å². The van der Waals surface area contributed by atoms with Crippen LogP contribution in [0.5, 0.6) is 5.75 Å². The Hall–Kier alpha value is -2.85. The summed E-state index contributed by atoms with van der Waals surface area (Å²) in [5.41, 5.74) is 3.08. The normalized spacial score (nSPS) is 11.0. The summed E-state index contributed by atoms with van der Waals surface area (Å²) in [5.74, 6) is 0.747. The molecular formula is C28H43N3O6. The number of benzene rings is 2. The predicted molar refractivity (Wildman–Crippen MR) is 145 cm³/mol. The van der Waals surface area contributed by atoms with Gasteiger partial charge in [-0.05, 0) is 49.5 Å². The lowest BCUT2D eigenvalue weighted by atomic mass is 10.1. The monoisotopic (exact) mass is 517 g/mol. The van der Waals surface area contributed by atoms with Crippen molar-refractivity contribution in [3.63, 3.8) is 0 Å². The summed E-state index contributed by atoms with van der Waals surface area (Å²) in [6, 6.07) is 15.8. The van der Waals surface area contributed by atoms with E-state index in [1.54, 1.807) is 12.0 Å². The maximum atomic E-state index is 13.0. The second-order valence-corrected chi connectivity index (χ2v) is 9.02. The van der Waals surface area contributed by atoms with Crippen LogP contribution in [0.4, 0.5) is 10.5 Å². The van der Waals surface area contributed by atoms with E-state index in [0.29, 0.717) is 52.7 Å². The number of hydrogen-bond donors (Lipinski definition) is 0. The highest BCUT2D eigenvalue weighted by atomic mass is 16.6. The van der Waals surface area contributed by atoms with Crippen LogP contribution in [0.2, 0.25) is 0 Å². The number of methoxy groups -OCH3 is 1. The average molecular weight is 518 g/mol. The van der Waals surface area contributed by atoms with E-state index in [1.165, 1.54) is 0 Å². The van der Waals surface area contributed by atoms with Crippen LogP contribution < -0.4 is 9.64 Å². The fourth-order valence-electron chi connectivity index (χ4n) is 3.36. The van der Waals surface area contributed by atoms with Crippen LogP contribution in [0.25, 0.3) is 0 Å². The zero-order valence-corrected chi connectivity index (χ0v) is 23.0. The van der Waals surface area contributed by atoms with Gasteiger partial charge < -0.3 is 33.5 Å². The smallest absolute Gasteiger partial charge is 0.410 e. The quantitative estimate of drug-likeness (QED) is 0.278. The molecule has 2 rings (SSSR count). The van der Waals surface area contributed by atoms with E-state index in [0.717, 1.165) is 29.1 Å². The largest absolute Gasteiger partial charge is 0.497 e. The predicted octanol–water partition coefficient (Wildman–Crippen LogP) is 3.51. The van der Waals surface area contributed by atoms with Gasteiger partial charge in [0.05, 0.1) is 46.8 Å². The fourth-order valence-corrected chi connectivity index (χ4v) is 3.36. The van der Waals surface area contributed by atoms with Crippen molar-refractivity contribution in [1.29, 1.82) is 0 Å². The lowest BCUT2D eigenvalue weighted by Crippen LogP contribution is -2.31. The molecule has 0 bridgehead atoms. The molecule has 2 aromatic carbocycles. The van der Waals surface area contributed by atoms with Crippen molar-refractivity contribution in [2.24, 2.45) is 0 Å². The first-order chi connectivity index (χ1) is 17.9. The molecule has 0 saturated heterocycles. The zero-order chi connectivity index (χ0) is 26.9. The van der Waals surface area contributed by atoms with E-state index in [9.17, 15) is 4.79 Å². The number of hydrogen-bond acceptors (Lipinski definition) is 8. The number of rotatable bonds is 18. The zero-order valence-electron chi connectivity index (χ0n) is 23.0. The van der Waals surface area contributed by atoms with Gasteiger partial charge in [-0.2, -0.15) is 0 Å². The van der Waals surface area contributed by atoms with E-state index in [4.69, 9.17) is 23.7 Å². The minimum absolute atomic E-state index is 0.167. The Morgan fingerprint density at radius 2 is 1.32 bits per heavy atom. The van der Waals surface area contributed by atoms with E-state index in [1.807, 2.05) is 81.6 Å². The number of ether oxygens (including phenoxy) is 5. The lowest BCUT2D eigenvalue weighted by Gasteiger charge is -2.23. The fraction of sp³-hybridized carbons (Fsp3) is 0.536. The first kappa shape index (κ1) is 30.4. The highest BCUT2D eigenvalue weighted by molar-refractivity contribution is 5.67. The molecule has 206 valence electrons. The molecule has 9 nitrogen and oxygen atoms in total. The molecule has 37 heavy (non-hydrogen) atoms. The van der Waals surface area contributed by atoms with Crippen LogP contribution in [-0.2, 0) is 32.0 Å². The second kappa shape index (κ2) is 17.6. The van der Waals surface area contributed by atoms with Gasteiger partial charge in [-0.3, -0.25) is 4.90 Å². The minimum Gasteiger partial charge on any atom is -0.497 e. The van der Waals surface area contributed by atoms with Crippen LogP contribution in [0, 0.1) is 0 Å². The third-order valence-corrected chi connectivity index (χ3v) is 5.47. The maximum absolute atomic E-state index is 13.0. The second-order valence-electron chi connectivity index (χ2n) is 9.02. The van der Waals surface area contributed by atoms with Gasteiger partial charge in [-0.1, -0.05) is 24.3 Å². The van der Waals surface area contributed by atoms with Crippen molar-refractivity contribution in [1.82, 2.24) is 9.80 Å². The van der Waals surface area contributed by atoms with E-state index in [-0.39, 0.29) is 6.61 Å². The van der Waals surface area contributed by atoms with Crippen molar-refractivity contribution in [2.45, 2.75) is 13.1 Å². The molecule has 0 atom stereocenters. The van der Waals surface area contributed by atoms with Crippen molar-refractivity contribution in [3.8, 4) is 5.75 Å². The third-order valence-electron chi connectivity index (χ3n) is 5.47. The molecule has 0 aliphatic carbocycles. The van der Waals surface area contributed by atoms with Gasteiger partial charge in [-0.15, -0.1) is 0 Å². The molecule has 0 spiro atoms. The topological polar surface area (TPSA) is 72.9 Å². The van der Waals surface area contributed by atoms with Gasteiger partial charge in [0.25, 0.3) is 0 Å². The number of carbonyl (C=O) groups is 1. The number of carbonyl (C=O) groups excluding carboxylic acids is 1. The van der Waals surface area contributed by atoms with Crippen molar-refractivity contribution in [2.75, 3.05) is 93.0 Å². The van der Waals surface area contributed by atoms with Gasteiger partial charge in [-0.25, -0.2) is 4.79 Å². The van der Waals surface area contributed by atoms with E-state index in [2.05, 4.69) is 4.90 Å². The van der Waals surface area contributed by atoms with Gasteiger partial charge in [0.1, 0.15) is 12.4 Å². The Morgan fingerprint density at radius 1 is 0.730 bits per heavy atom. The van der Waals surface area contributed by atoms with Gasteiger partial charge in [0.2, 0.25) is 0 Å². The van der Waals surface area contributed by atoms with Gasteiger partial charge in [0, 0.05) is 39.4 Å². The standard InChI is InChI=1S/C28H43N3O6/c1-29(2)13-14-34-15-16-35-17-18-36-19-20-37-28(32)31(23-25-7-6-8-27(21-25)33-5)22-24-9-11-26(12-10-24)30(3)4/h6-12,21H,13-20,22-23H2,1-5H3. The van der Waals surface area contributed by atoms with E-state index < -0.39 is 6.09 Å². The minimum atomic E-state index is -0.394. The molecule has 2 aromatic rings. The molecule has 1 amide bonds. The maximum Gasteiger partial charge on any atom is 0.410 e. The number of nitrogens with zero attached hydrogens (tertiary/aromatic N) is 3. The number of anilines is 1. The Morgan fingerprint density at radius 3 is 1.92 bits per heavy atom. The summed E-state index contributed by atoms with van der Waals surface area (Å²) in [7, 11) is 9.64. The summed E-state index contributed by atoms with van der Waals surface area (Å²) in [6.45, 7) is 4.87. The van der Waals surface area contributed by atoms with Crippen molar-refractivity contribution in [3.05, 3.63) is 59.7 Å². The van der Waals surface area contributed by atoms with Crippen LogP contribution in [0.3, 0.4) is 0 Å². The molecule has 0 fully saturated rings. The summed E-state index contributed by atoms with van der Waals surface area (Å²) in [6.07, 6.45) is -0.394. The van der Waals surface area contributed by atoms with Crippen LogP contribution in [0.15, 0.2) is 48.5 Å². The molecule has 0 aliphatic rings.